The Balaban J connectivity index is 1.62. The van der Waals surface area contributed by atoms with Crippen molar-refractivity contribution in [2.75, 3.05) is 0 Å². The van der Waals surface area contributed by atoms with E-state index in [1.807, 2.05) is 0 Å². The quantitative estimate of drug-likeness (QED) is 0.467. The van der Waals surface area contributed by atoms with E-state index in [1.165, 1.54) is 18.5 Å². The van der Waals surface area contributed by atoms with E-state index in [-0.39, 0.29) is 29.7 Å². The minimum absolute atomic E-state index is 0.0278. The Morgan fingerprint density at radius 3 is 2.48 bits per heavy atom. The van der Waals surface area contributed by atoms with Crippen LogP contribution in [0, 0.1) is 11.7 Å². The van der Waals surface area contributed by atoms with Gasteiger partial charge in [0.15, 0.2) is 17.4 Å². The van der Waals surface area contributed by atoms with Gasteiger partial charge in [-0.15, -0.1) is 0 Å². The predicted molar refractivity (Wildman–Crippen MR) is 102 cm³/mol. The molecule has 6 nitrogen and oxygen atoms in total. The van der Waals surface area contributed by atoms with E-state index in [0.29, 0.717) is 11.6 Å². The van der Waals surface area contributed by atoms with Crippen LogP contribution in [0.3, 0.4) is 0 Å². The highest BCUT2D eigenvalue weighted by Crippen LogP contribution is 2.45. The van der Waals surface area contributed by atoms with Crippen LogP contribution in [0.15, 0.2) is 47.5 Å². The van der Waals surface area contributed by atoms with Gasteiger partial charge in [0.05, 0.1) is 5.56 Å². The Bertz CT molecular complexity index is 1170. The molecule has 0 aliphatic heterocycles. The largest absolute Gasteiger partial charge is 0.419 e. The summed E-state index contributed by atoms with van der Waals surface area (Å²) in [5.74, 6) is -2.10. The van der Waals surface area contributed by atoms with Crippen LogP contribution in [0.2, 0.25) is 0 Å². The first kappa shape index (κ1) is 20.8. The molecule has 1 N–H and O–H groups in total. The van der Waals surface area contributed by atoms with E-state index < -0.39 is 34.8 Å². The fraction of sp³-hybridized carbons (Fsp3) is 0.286. The molecule has 1 aliphatic carbocycles. The lowest BCUT2D eigenvalue weighted by atomic mass is 9.88. The number of halogens is 4. The van der Waals surface area contributed by atoms with Crippen molar-refractivity contribution >= 4 is 5.78 Å². The molecule has 0 spiro atoms. The third-order valence-electron chi connectivity index (χ3n) is 5.13. The van der Waals surface area contributed by atoms with Gasteiger partial charge < -0.3 is 4.98 Å². The summed E-state index contributed by atoms with van der Waals surface area (Å²) in [4.78, 5) is 39.5. The number of nitrogens with one attached hydrogen (secondary N) is 1. The number of Topliss-reactive ketones (excluding diaryl/α,β-unsaturated/α-hetero) is 1. The van der Waals surface area contributed by atoms with E-state index in [2.05, 4.69) is 19.9 Å². The molecule has 1 atom stereocenters. The Labute approximate surface area is 173 Å². The average molecular weight is 432 g/mol. The summed E-state index contributed by atoms with van der Waals surface area (Å²) in [5, 5.41) is 0. The zero-order chi connectivity index (χ0) is 22.2. The van der Waals surface area contributed by atoms with Crippen LogP contribution in [0.25, 0.3) is 11.6 Å². The summed E-state index contributed by atoms with van der Waals surface area (Å²) in [6.45, 7) is 0. The molecule has 31 heavy (non-hydrogen) atoms. The van der Waals surface area contributed by atoms with Gasteiger partial charge in [-0.05, 0) is 48.4 Å². The van der Waals surface area contributed by atoms with Crippen LogP contribution in [0.5, 0.6) is 0 Å². The molecule has 0 bridgehead atoms. The molecule has 1 aliphatic rings. The first-order valence-corrected chi connectivity index (χ1v) is 9.51. The first-order valence-electron chi connectivity index (χ1n) is 9.51. The standard InChI is InChI=1S/C21H16F4N4O2/c22-15-8-12(4-5-14(15)21(23,24)25)13(11-2-3-11)9-17(30)16-10-18(31)29-20(28-16)19-26-6-1-7-27-19/h1,4-8,10-11,13H,2-3,9H2,(H,28,29,31)/t13-/m1/s1. The second-order valence-corrected chi connectivity index (χ2v) is 7.36. The molecule has 0 amide bonds. The zero-order valence-corrected chi connectivity index (χ0v) is 16.0. The lowest BCUT2D eigenvalue weighted by Crippen LogP contribution is -2.17. The number of rotatable bonds is 6. The highest BCUT2D eigenvalue weighted by atomic mass is 19.4. The molecular weight excluding hydrogens is 416 g/mol. The topological polar surface area (TPSA) is 88.6 Å². The Hall–Kier alpha value is -3.43. The number of aromatic nitrogens is 4. The van der Waals surface area contributed by atoms with Gasteiger partial charge in [-0.3, -0.25) is 9.59 Å². The van der Waals surface area contributed by atoms with E-state index in [9.17, 15) is 27.2 Å². The van der Waals surface area contributed by atoms with Crippen molar-refractivity contribution in [3.05, 3.63) is 75.7 Å². The van der Waals surface area contributed by atoms with Gasteiger partial charge in [0.1, 0.15) is 11.5 Å². The molecule has 2 aromatic heterocycles. The van der Waals surface area contributed by atoms with E-state index in [0.717, 1.165) is 25.0 Å². The van der Waals surface area contributed by atoms with Crippen LogP contribution < -0.4 is 5.56 Å². The highest BCUT2D eigenvalue weighted by molar-refractivity contribution is 5.95. The number of H-pyrrole nitrogens is 1. The van der Waals surface area contributed by atoms with Crippen LogP contribution in [-0.2, 0) is 6.18 Å². The van der Waals surface area contributed by atoms with Gasteiger partial charge in [0.2, 0.25) is 0 Å². The van der Waals surface area contributed by atoms with Gasteiger partial charge >= 0.3 is 6.18 Å². The number of aromatic amines is 1. The van der Waals surface area contributed by atoms with E-state index in [4.69, 9.17) is 0 Å². The number of nitrogens with zero attached hydrogens (tertiary/aromatic N) is 3. The van der Waals surface area contributed by atoms with Crippen LogP contribution >= 0.6 is 0 Å². The summed E-state index contributed by atoms with van der Waals surface area (Å²) in [6.07, 6.45) is -0.420. The maximum atomic E-state index is 14.1. The van der Waals surface area contributed by atoms with Crippen LogP contribution in [0.4, 0.5) is 17.6 Å². The van der Waals surface area contributed by atoms with Gasteiger partial charge in [0, 0.05) is 24.9 Å². The van der Waals surface area contributed by atoms with Crippen molar-refractivity contribution in [3.63, 3.8) is 0 Å². The molecule has 0 unspecified atom stereocenters. The number of hydrogen-bond acceptors (Lipinski definition) is 5. The summed E-state index contributed by atoms with van der Waals surface area (Å²) in [5.41, 5.74) is -1.70. The SMILES string of the molecule is O=C(C[C@@H](c1ccc(C(F)(F)F)c(F)c1)C1CC1)c1cc(=O)[nH]c(-c2ncccn2)n1. The molecule has 3 aromatic rings. The van der Waals surface area contributed by atoms with Crippen molar-refractivity contribution in [2.45, 2.75) is 31.4 Å². The lowest BCUT2D eigenvalue weighted by molar-refractivity contribution is -0.140. The summed E-state index contributed by atoms with van der Waals surface area (Å²) in [7, 11) is 0. The Kier molecular flexibility index (Phi) is 5.38. The van der Waals surface area contributed by atoms with Gasteiger partial charge in [-0.1, -0.05) is 6.07 Å². The number of benzene rings is 1. The number of alkyl halides is 3. The maximum Gasteiger partial charge on any atom is 0.419 e. The van der Waals surface area contributed by atoms with Crippen molar-refractivity contribution in [1.29, 1.82) is 0 Å². The fourth-order valence-electron chi connectivity index (χ4n) is 3.48. The van der Waals surface area contributed by atoms with Crippen LogP contribution in [-0.4, -0.2) is 25.7 Å². The Morgan fingerprint density at radius 2 is 1.87 bits per heavy atom. The molecular formula is C21H16F4N4O2. The van der Waals surface area contributed by atoms with Crippen molar-refractivity contribution in [3.8, 4) is 11.6 Å². The highest BCUT2D eigenvalue weighted by Gasteiger charge is 2.37. The normalized spacial score (nSPS) is 15.0. The third kappa shape index (κ3) is 4.68. The minimum Gasteiger partial charge on any atom is -0.304 e. The van der Waals surface area contributed by atoms with Crippen molar-refractivity contribution < 1.29 is 22.4 Å². The summed E-state index contributed by atoms with van der Waals surface area (Å²) >= 11 is 0. The predicted octanol–water partition coefficient (Wildman–Crippen LogP) is 4.15. The first-order chi connectivity index (χ1) is 14.7. The van der Waals surface area contributed by atoms with E-state index in [1.54, 1.807) is 6.07 Å². The molecule has 4 rings (SSSR count). The molecule has 0 saturated heterocycles. The molecule has 1 saturated carbocycles. The fourth-order valence-corrected chi connectivity index (χ4v) is 3.48. The maximum absolute atomic E-state index is 14.1. The molecule has 0 radical (unpaired) electrons. The van der Waals surface area contributed by atoms with Gasteiger partial charge in [0.25, 0.3) is 5.56 Å². The number of hydrogen-bond donors (Lipinski definition) is 1. The average Bonchev–Trinajstić information content (AvgIpc) is 3.56. The second kappa shape index (κ2) is 8.01. The molecule has 1 aromatic carbocycles. The van der Waals surface area contributed by atoms with E-state index >= 15 is 0 Å². The van der Waals surface area contributed by atoms with Gasteiger partial charge in [-0.25, -0.2) is 19.3 Å². The number of ketones is 1. The number of carbonyl (C=O) groups excluding carboxylic acids is 1. The zero-order valence-electron chi connectivity index (χ0n) is 16.0. The second-order valence-electron chi connectivity index (χ2n) is 7.36. The minimum atomic E-state index is -4.79. The molecule has 1 fully saturated rings. The smallest absolute Gasteiger partial charge is 0.304 e. The molecule has 2 heterocycles. The van der Waals surface area contributed by atoms with Crippen molar-refractivity contribution in [1.82, 2.24) is 19.9 Å². The Morgan fingerprint density at radius 1 is 1.16 bits per heavy atom. The third-order valence-corrected chi connectivity index (χ3v) is 5.13. The summed E-state index contributed by atoms with van der Waals surface area (Å²) < 4.78 is 52.6. The van der Waals surface area contributed by atoms with Crippen LogP contribution in [0.1, 0.15) is 46.8 Å². The lowest BCUT2D eigenvalue weighted by Gasteiger charge is -2.17. The monoisotopic (exact) mass is 432 g/mol. The van der Waals surface area contributed by atoms with Crippen molar-refractivity contribution in [2.24, 2.45) is 5.92 Å². The molecule has 10 heteroatoms. The molecule has 160 valence electrons. The number of carbonyl (C=O) groups is 1. The van der Waals surface area contributed by atoms with Gasteiger partial charge in [-0.2, -0.15) is 13.2 Å². The summed E-state index contributed by atoms with van der Waals surface area (Å²) in [6, 6.07) is 5.37.